The third-order valence-electron chi connectivity index (χ3n) is 3.76. The van der Waals surface area contributed by atoms with Gasteiger partial charge in [0, 0.05) is 18.1 Å². The quantitative estimate of drug-likeness (QED) is 0.739. The molecule has 0 spiro atoms. The van der Waals surface area contributed by atoms with E-state index in [0.29, 0.717) is 16.9 Å². The van der Waals surface area contributed by atoms with Gasteiger partial charge in [-0.15, -0.1) is 0 Å². The molecule has 0 atom stereocenters. The van der Waals surface area contributed by atoms with Crippen LogP contribution in [0.5, 0.6) is 0 Å². The van der Waals surface area contributed by atoms with Crippen molar-refractivity contribution in [3.63, 3.8) is 0 Å². The van der Waals surface area contributed by atoms with Gasteiger partial charge in [-0.05, 0) is 36.8 Å². The molecule has 7 nitrogen and oxygen atoms in total. The SMILES string of the molecule is COC(=O)c1ccc(C)c(NC(=O)c2cnc3ccccn3c2=O)c1. The Morgan fingerprint density at radius 2 is 2.00 bits per heavy atom. The number of hydrogen-bond acceptors (Lipinski definition) is 5. The number of ether oxygens (including phenoxy) is 1. The molecule has 0 fully saturated rings. The summed E-state index contributed by atoms with van der Waals surface area (Å²) in [5.41, 5.74) is 1.36. The van der Waals surface area contributed by atoms with Crippen LogP contribution in [0, 0.1) is 6.92 Å². The number of hydrogen-bond donors (Lipinski definition) is 1. The van der Waals surface area contributed by atoms with E-state index in [4.69, 9.17) is 0 Å². The summed E-state index contributed by atoms with van der Waals surface area (Å²) in [6, 6.07) is 9.90. The molecule has 0 aliphatic rings. The van der Waals surface area contributed by atoms with E-state index in [1.54, 1.807) is 43.5 Å². The number of methoxy groups -OCH3 is 1. The summed E-state index contributed by atoms with van der Waals surface area (Å²) in [5, 5.41) is 2.65. The Morgan fingerprint density at radius 1 is 1.20 bits per heavy atom. The van der Waals surface area contributed by atoms with Crippen LogP contribution in [0.1, 0.15) is 26.3 Å². The molecule has 0 saturated carbocycles. The Balaban J connectivity index is 1.97. The molecule has 2 heterocycles. The number of anilines is 1. The van der Waals surface area contributed by atoms with Gasteiger partial charge in [0.25, 0.3) is 11.5 Å². The number of carbonyl (C=O) groups is 2. The zero-order valence-electron chi connectivity index (χ0n) is 13.6. The third kappa shape index (κ3) is 3.12. The Kier molecular flexibility index (Phi) is 4.30. The minimum atomic E-state index is -0.596. The summed E-state index contributed by atoms with van der Waals surface area (Å²) in [7, 11) is 1.28. The molecule has 25 heavy (non-hydrogen) atoms. The number of esters is 1. The molecule has 1 N–H and O–H groups in total. The van der Waals surface area contributed by atoms with E-state index in [1.807, 2.05) is 0 Å². The molecule has 0 aliphatic heterocycles. The average Bonchev–Trinajstić information content (AvgIpc) is 2.63. The first-order chi connectivity index (χ1) is 12.0. The second kappa shape index (κ2) is 6.56. The second-order valence-electron chi connectivity index (χ2n) is 5.38. The third-order valence-corrected chi connectivity index (χ3v) is 3.76. The molecular weight excluding hydrogens is 322 g/mol. The topological polar surface area (TPSA) is 89.8 Å². The number of nitrogens with one attached hydrogen (secondary N) is 1. The first-order valence-corrected chi connectivity index (χ1v) is 7.48. The van der Waals surface area contributed by atoms with Crippen molar-refractivity contribution < 1.29 is 14.3 Å². The molecule has 3 rings (SSSR count). The molecule has 0 saturated heterocycles. The molecule has 0 bridgehead atoms. The van der Waals surface area contributed by atoms with E-state index >= 15 is 0 Å². The first-order valence-electron chi connectivity index (χ1n) is 7.48. The number of benzene rings is 1. The molecule has 7 heteroatoms. The van der Waals surface area contributed by atoms with Crippen molar-refractivity contribution in [1.82, 2.24) is 9.38 Å². The Hall–Kier alpha value is -3.48. The summed E-state index contributed by atoms with van der Waals surface area (Å²) < 4.78 is 5.97. The van der Waals surface area contributed by atoms with Gasteiger partial charge in [-0.1, -0.05) is 12.1 Å². The normalized spacial score (nSPS) is 10.5. The summed E-state index contributed by atoms with van der Waals surface area (Å²) >= 11 is 0. The van der Waals surface area contributed by atoms with Crippen LogP contribution < -0.4 is 10.9 Å². The van der Waals surface area contributed by atoms with Crippen molar-refractivity contribution in [2.75, 3.05) is 12.4 Å². The van der Waals surface area contributed by atoms with Crippen LogP contribution in [-0.2, 0) is 4.74 Å². The van der Waals surface area contributed by atoms with Gasteiger partial charge in [-0.3, -0.25) is 14.0 Å². The second-order valence-corrected chi connectivity index (χ2v) is 5.38. The number of amides is 1. The van der Waals surface area contributed by atoms with Crippen LogP contribution in [0.2, 0.25) is 0 Å². The summed E-state index contributed by atoms with van der Waals surface area (Å²) in [5.74, 6) is -1.11. The summed E-state index contributed by atoms with van der Waals surface area (Å²) in [6.45, 7) is 1.78. The molecule has 2 aromatic heterocycles. The van der Waals surface area contributed by atoms with Crippen molar-refractivity contribution in [1.29, 1.82) is 0 Å². The van der Waals surface area contributed by atoms with Gasteiger partial charge in [0.2, 0.25) is 0 Å². The molecule has 3 aromatic rings. The average molecular weight is 337 g/mol. The highest BCUT2D eigenvalue weighted by Crippen LogP contribution is 2.18. The molecule has 1 amide bonds. The number of fused-ring (bicyclic) bond motifs is 1. The molecule has 0 aliphatic carbocycles. The van der Waals surface area contributed by atoms with E-state index in [9.17, 15) is 14.4 Å². The van der Waals surface area contributed by atoms with Crippen LogP contribution in [0.4, 0.5) is 5.69 Å². The monoisotopic (exact) mass is 337 g/mol. The maximum atomic E-state index is 12.5. The Labute approximate surface area is 142 Å². The number of aromatic nitrogens is 2. The van der Waals surface area contributed by atoms with Gasteiger partial charge >= 0.3 is 5.97 Å². The molecule has 126 valence electrons. The highest BCUT2D eigenvalue weighted by atomic mass is 16.5. The van der Waals surface area contributed by atoms with Gasteiger partial charge in [-0.25, -0.2) is 9.78 Å². The van der Waals surface area contributed by atoms with Crippen molar-refractivity contribution in [2.24, 2.45) is 0 Å². The number of aryl methyl sites for hydroxylation is 1. The predicted octanol–water partition coefficient (Wildman–Crippen LogP) is 2.04. The fraction of sp³-hybridized carbons (Fsp3) is 0.111. The maximum Gasteiger partial charge on any atom is 0.337 e. The van der Waals surface area contributed by atoms with Gasteiger partial charge in [-0.2, -0.15) is 0 Å². The predicted molar refractivity (Wildman–Crippen MR) is 91.9 cm³/mol. The lowest BCUT2D eigenvalue weighted by atomic mass is 10.1. The number of rotatable bonds is 3. The lowest BCUT2D eigenvalue weighted by molar-refractivity contribution is 0.0600. The zero-order chi connectivity index (χ0) is 18.0. The highest BCUT2D eigenvalue weighted by molar-refractivity contribution is 6.05. The van der Waals surface area contributed by atoms with Crippen LogP contribution in [0.3, 0.4) is 0 Å². The lowest BCUT2D eigenvalue weighted by Crippen LogP contribution is -2.26. The van der Waals surface area contributed by atoms with E-state index in [-0.39, 0.29) is 5.56 Å². The molecule has 0 unspecified atom stereocenters. The first kappa shape index (κ1) is 16.4. The van der Waals surface area contributed by atoms with Crippen molar-refractivity contribution in [3.8, 4) is 0 Å². The number of pyridine rings is 1. The lowest BCUT2D eigenvalue weighted by Gasteiger charge is -2.10. The Morgan fingerprint density at radius 3 is 2.76 bits per heavy atom. The van der Waals surface area contributed by atoms with Crippen LogP contribution in [-0.4, -0.2) is 28.4 Å². The summed E-state index contributed by atoms with van der Waals surface area (Å²) in [6.07, 6.45) is 2.79. The standard InChI is InChI=1S/C18H15N3O4/c1-11-6-7-12(18(24)25-2)9-14(11)20-16(22)13-10-19-15-5-3-4-8-21(15)17(13)23/h3-10H,1-2H3,(H,20,22). The van der Waals surface area contributed by atoms with Gasteiger partial charge in [0.05, 0.1) is 12.7 Å². The smallest absolute Gasteiger partial charge is 0.337 e. The highest BCUT2D eigenvalue weighted by Gasteiger charge is 2.15. The fourth-order valence-electron chi connectivity index (χ4n) is 2.37. The van der Waals surface area contributed by atoms with E-state index < -0.39 is 17.4 Å². The van der Waals surface area contributed by atoms with E-state index in [1.165, 1.54) is 23.8 Å². The van der Waals surface area contributed by atoms with Crippen molar-refractivity contribution >= 4 is 23.2 Å². The number of nitrogens with zero attached hydrogens (tertiary/aromatic N) is 2. The fourth-order valence-corrected chi connectivity index (χ4v) is 2.37. The molecule has 1 aromatic carbocycles. The molecular formula is C18H15N3O4. The van der Waals surface area contributed by atoms with Gasteiger partial charge in [0.1, 0.15) is 11.2 Å². The van der Waals surface area contributed by atoms with E-state index in [2.05, 4.69) is 15.0 Å². The van der Waals surface area contributed by atoms with E-state index in [0.717, 1.165) is 5.56 Å². The largest absolute Gasteiger partial charge is 0.465 e. The maximum absolute atomic E-state index is 12.5. The van der Waals surface area contributed by atoms with Crippen molar-refractivity contribution in [3.05, 3.63) is 75.8 Å². The summed E-state index contributed by atoms with van der Waals surface area (Å²) in [4.78, 5) is 40.7. The van der Waals surface area contributed by atoms with Crippen LogP contribution >= 0.6 is 0 Å². The van der Waals surface area contributed by atoms with Crippen LogP contribution in [0.25, 0.3) is 5.65 Å². The minimum Gasteiger partial charge on any atom is -0.465 e. The minimum absolute atomic E-state index is 0.0911. The zero-order valence-corrected chi connectivity index (χ0v) is 13.6. The van der Waals surface area contributed by atoms with Gasteiger partial charge in [0.15, 0.2) is 0 Å². The van der Waals surface area contributed by atoms with Gasteiger partial charge < -0.3 is 10.1 Å². The van der Waals surface area contributed by atoms with Crippen molar-refractivity contribution in [2.45, 2.75) is 6.92 Å². The van der Waals surface area contributed by atoms with Crippen LogP contribution in [0.15, 0.2) is 53.6 Å². The molecule has 0 radical (unpaired) electrons. The Bertz CT molecular complexity index is 1040. The number of carbonyl (C=O) groups excluding carboxylic acids is 2.